The number of carbonyl (C=O) groups is 1. The van der Waals surface area contributed by atoms with E-state index in [-0.39, 0.29) is 5.78 Å². The van der Waals surface area contributed by atoms with E-state index in [4.69, 9.17) is 0 Å². The van der Waals surface area contributed by atoms with Gasteiger partial charge in [0.25, 0.3) is 0 Å². The molecule has 2 rings (SSSR count). The van der Waals surface area contributed by atoms with Crippen molar-refractivity contribution >= 4 is 43.1 Å². The fraction of sp³-hybridized carbons (Fsp3) is 0.583. The average Bonchev–Trinajstić information content (AvgIpc) is 2.69. The Morgan fingerprint density at radius 1 is 1.47 bits per heavy atom. The largest absolute Gasteiger partial charge is 0.298 e. The van der Waals surface area contributed by atoms with Crippen molar-refractivity contribution < 1.29 is 13.2 Å². The molecule has 7 heteroatoms. The molecule has 0 bridgehead atoms. The molecule has 4 nitrogen and oxygen atoms in total. The van der Waals surface area contributed by atoms with E-state index < -0.39 is 16.1 Å². The van der Waals surface area contributed by atoms with Crippen LogP contribution in [0.25, 0.3) is 0 Å². The Morgan fingerprint density at radius 2 is 2.16 bits per heavy atom. The molecule has 0 aromatic carbocycles. The number of sulfonamides is 1. The molecule has 19 heavy (non-hydrogen) atoms. The predicted molar refractivity (Wildman–Crippen MR) is 79.0 cm³/mol. The Balaban J connectivity index is 2.43. The highest BCUT2D eigenvalue weighted by molar-refractivity contribution is 9.11. The first-order valence-corrected chi connectivity index (χ1v) is 9.17. The molecule has 2 heterocycles. The lowest BCUT2D eigenvalue weighted by molar-refractivity contribution is -0.121. The normalized spacial score (nSPS) is 21.5. The number of aryl methyl sites for hydroxylation is 1. The van der Waals surface area contributed by atoms with Crippen LogP contribution < -0.4 is 0 Å². The van der Waals surface area contributed by atoms with Gasteiger partial charge in [0.05, 0.1) is 14.7 Å². The summed E-state index contributed by atoms with van der Waals surface area (Å²) in [7, 11) is -3.57. The topological polar surface area (TPSA) is 54.5 Å². The number of thiophene rings is 1. The Kier molecular flexibility index (Phi) is 4.49. The SMILES string of the molecule is CC(=O)C1CCCCN1S(=O)(=O)c1cc(Br)sc1C. The number of halogens is 1. The Bertz CT molecular complexity index is 594. The Morgan fingerprint density at radius 3 is 2.68 bits per heavy atom. The molecule has 1 aliphatic heterocycles. The molecule has 0 aliphatic carbocycles. The van der Waals surface area contributed by atoms with Crippen LogP contribution in [-0.2, 0) is 14.8 Å². The van der Waals surface area contributed by atoms with Crippen LogP contribution in [0.5, 0.6) is 0 Å². The Labute approximate surface area is 126 Å². The quantitative estimate of drug-likeness (QED) is 0.827. The first-order chi connectivity index (χ1) is 8.84. The van der Waals surface area contributed by atoms with Gasteiger partial charge in [-0.1, -0.05) is 6.42 Å². The van der Waals surface area contributed by atoms with Crippen LogP contribution >= 0.6 is 27.3 Å². The maximum absolute atomic E-state index is 12.7. The van der Waals surface area contributed by atoms with Gasteiger partial charge in [0, 0.05) is 11.4 Å². The summed E-state index contributed by atoms with van der Waals surface area (Å²) in [6.45, 7) is 3.68. The second-order valence-electron chi connectivity index (χ2n) is 4.71. The smallest absolute Gasteiger partial charge is 0.244 e. The van der Waals surface area contributed by atoms with Crippen LogP contribution in [-0.4, -0.2) is 31.1 Å². The first-order valence-electron chi connectivity index (χ1n) is 6.12. The number of rotatable bonds is 3. The molecule has 0 amide bonds. The van der Waals surface area contributed by atoms with Gasteiger partial charge in [0.1, 0.15) is 5.78 Å². The minimum Gasteiger partial charge on any atom is -0.298 e. The molecular weight excluding hydrogens is 350 g/mol. The van der Waals surface area contributed by atoms with Crippen LogP contribution in [0.3, 0.4) is 0 Å². The van der Waals surface area contributed by atoms with Crippen molar-refractivity contribution in [3.8, 4) is 0 Å². The van der Waals surface area contributed by atoms with E-state index in [1.165, 1.54) is 22.6 Å². The van der Waals surface area contributed by atoms with Gasteiger partial charge in [-0.25, -0.2) is 8.42 Å². The highest BCUT2D eigenvalue weighted by atomic mass is 79.9. The summed E-state index contributed by atoms with van der Waals surface area (Å²) in [4.78, 5) is 12.7. The van der Waals surface area contributed by atoms with Gasteiger partial charge in [0.2, 0.25) is 10.0 Å². The van der Waals surface area contributed by atoms with E-state index >= 15 is 0 Å². The molecule has 1 aliphatic rings. The van der Waals surface area contributed by atoms with E-state index in [0.717, 1.165) is 21.5 Å². The fourth-order valence-corrected chi connectivity index (χ4v) is 6.51. The summed E-state index contributed by atoms with van der Waals surface area (Å²) in [6, 6.07) is 1.12. The molecule has 1 aromatic rings. The molecule has 0 radical (unpaired) electrons. The van der Waals surface area contributed by atoms with E-state index in [1.807, 2.05) is 0 Å². The van der Waals surface area contributed by atoms with Gasteiger partial charge in [-0.15, -0.1) is 11.3 Å². The molecule has 0 spiro atoms. The van der Waals surface area contributed by atoms with Gasteiger partial charge >= 0.3 is 0 Å². The van der Waals surface area contributed by atoms with Crippen LogP contribution in [0.4, 0.5) is 0 Å². The number of ketones is 1. The molecule has 1 unspecified atom stereocenters. The summed E-state index contributed by atoms with van der Waals surface area (Å²) < 4.78 is 27.6. The van der Waals surface area contributed by atoms with Crippen molar-refractivity contribution in [1.82, 2.24) is 4.31 Å². The minimum absolute atomic E-state index is 0.0739. The van der Waals surface area contributed by atoms with Crippen molar-refractivity contribution in [2.45, 2.75) is 44.0 Å². The zero-order chi connectivity index (χ0) is 14.2. The van der Waals surface area contributed by atoms with E-state index in [2.05, 4.69) is 15.9 Å². The number of hydrogen-bond acceptors (Lipinski definition) is 4. The molecule has 0 N–H and O–H groups in total. The molecule has 1 aromatic heterocycles. The molecule has 0 saturated carbocycles. The zero-order valence-electron chi connectivity index (χ0n) is 10.8. The molecule has 106 valence electrons. The lowest BCUT2D eigenvalue weighted by Gasteiger charge is -2.32. The summed E-state index contributed by atoms with van der Waals surface area (Å²) >= 11 is 4.71. The van der Waals surface area contributed by atoms with Crippen molar-refractivity contribution in [1.29, 1.82) is 0 Å². The first kappa shape index (κ1) is 15.2. The number of hydrogen-bond donors (Lipinski definition) is 0. The van der Waals surface area contributed by atoms with Crippen molar-refractivity contribution in [3.63, 3.8) is 0 Å². The van der Waals surface area contributed by atoms with Crippen LogP contribution in [0.1, 0.15) is 31.1 Å². The van der Waals surface area contributed by atoms with Crippen LogP contribution in [0, 0.1) is 6.92 Å². The third-order valence-electron chi connectivity index (χ3n) is 3.35. The van der Waals surface area contributed by atoms with Gasteiger partial charge in [-0.2, -0.15) is 4.31 Å². The number of nitrogens with zero attached hydrogens (tertiary/aromatic N) is 1. The monoisotopic (exact) mass is 365 g/mol. The van der Waals surface area contributed by atoms with Crippen molar-refractivity contribution in [2.24, 2.45) is 0 Å². The summed E-state index contributed by atoms with van der Waals surface area (Å²) in [5.41, 5.74) is 0. The summed E-state index contributed by atoms with van der Waals surface area (Å²) in [5, 5.41) is 0. The number of carbonyl (C=O) groups excluding carboxylic acids is 1. The summed E-state index contributed by atoms with van der Waals surface area (Å²) in [6.07, 6.45) is 2.34. The van der Waals surface area contributed by atoms with Gasteiger partial charge in [0.15, 0.2) is 0 Å². The summed E-state index contributed by atoms with van der Waals surface area (Å²) in [5.74, 6) is -0.0739. The third-order valence-corrected chi connectivity index (χ3v) is 7.07. The number of Topliss-reactive ketones (excluding diaryl/α,β-unsaturated/α-hetero) is 1. The van der Waals surface area contributed by atoms with Crippen LogP contribution in [0.2, 0.25) is 0 Å². The van der Waals surface area contributed by atoms with E-state index in [1.54, 1.807) is 13.0 Å². The molecular formula is C12H16BrNO3S2. The predicted octanol–water partition coefficient (Wildman–Crippen LogP) is 2.95. The third kappa shape index (κ3) is 2.94. The minimum atomic E-state index is -3.57. The van der Waals surface area contributed by atoms with E-state index in [0.29, 0.717) is 17.9 Å². The van der Waals surface area contributed by atoms with Crippen molar-refractivity contribution in [2.75, 3.05) is 6.54 Å². The zero-order valence-corrected chi connectivity index (χ0v) is 14.1. The molecule has 1 saturated heterocycles. The Hall–Kier alpha value is -0.240. The van der Waals surface area contributed by atoms with Gasteiger partial charge in [-0.3, -0.25) is 4.79 Å². The second kappa shape index (κ2) is 5.63. The molecule has 1 fully saturated rings. The fourth-order valence-electron chi connectivity index (χ4n) is 2.41. The van der Waals surface area contributed by atoms with Gasteiger partial charge < -0.3 is 0 Å². The van der Waals surface area contributed by atoms with Crippen molar-refractivity contribution in [3.05, 3.63) is 14.7 Å². The maximum Gasteiger partial charge on any atom is 0.244 e. The lowest BCUT2D eigenvalue weighted by Crippen LogP contribution is -2.47. The van der Waals surface area contributed by atoms with Gasteiger partial charge in [-0.05, 0) is 48.7 Å². The average molecular weight is 366 g/mol. The van der Waals surface area contributed by atoms with Crippen LogP contribution in [0.15, 0.2) is 14.7 Å². The standard InChI is InChI=1S/C12H16BrNO3S2/c1-8(15)10-5-3-4-6-14(10)19(16,17)11-7-12(13)18-9(11)2/h7,10H,3-6H2,1-2H3. The highest BCUT2D eigenvalue weighted by Gasteiger charge is 2.37. The maximum atomic E-state index is 12.7. The lowest BCUT2D eigenvalue weighted by atomic mass is 10.0. The highest BCUT2D eigenvalue weighted by Crippen LogP contribution is 2.34. The van der Waals surface area contributed by atoms with E-state index in [9.17, 15) is 13.2 Å². The number of piperidine rings is 1. The second-order valence-corrected chi connectivity index (χ2v) is 9.20. The molecule has 1 atom stereocenters.